The molecule has 0 radical (unpaired) electrons. The zero-order valence-corrected chi connectivity index (χ0v) is 18.3. The molecule has 1 amide bonds. The molecular weight excluding hydrogens is 384 g/mol. The molecule has 2 saturated heterocycles. The van der Waals surface area contributed by atoms with Gasteiger partial charge in [-0.15, -0.1) is 0 Å². The first-order valence-corrected chi connectivity index (χ1v) is 11.2. The number of guanidine groups is 1. The summed E-state index contributed by atoms with van der Waals surface area (Å²) in [4.78, 5) is 18.7. The fourth-order valence-corrected chi connectivity index (χ4v) is 3.92. The molecule has 1 atom stereocenters. The number of amides is 1. The summed E-state index contributed by atoms with van der Waals surface area (Å²) in [6, 6.07) is 1.79. The first kappa shape index (κ1) is 22.6. The molecule has 0 bridgehead atoms. The first-order valence-electron chi connectivity index (χ1n) is 11.2. The molecule has 2 aliphatic heterocycles. The molecule has 0 aromatic carbocycles. The predicted molar refractivity (Wildman–Crippen MR) is 116 cm³/mol. The topological polar surface area (TPSA) is 88.3 Å². The minimum absolute atomic E-state index is 0.164. The molecule has 1 unspecified atom stereocenters. The van der Waals surface area contributed by atoms with Crippen LogP contribution in [0.5, 0.6) is 0 Å². The number of aliphatic imine (C=N–C) groups is 1. The second kappa shape index (κ2) is 12.0. The van der Waals surface area contributed by atoms with Gasteiger partial charge < -0.3 is 29.4 Å². The molecule has 3 rings (SSSR count). The van der Waals surface area contributed by atoms with Crippen LogP contribution in [0.3, 0.4) is 0 Å². The van der Waals surface area contributed by atoms with Gasteiger partial charge >= 0.3 is 0 Å². The summed E-state index contributed by atoms with van der Waals surface area (Å²) in [5.41, 5.74) is 0.852. The Morgan fingerprint density at radius 3 is 2.70 bits per heavy atom. The summed E-state index contributed by atoms with van der Waals surface area (Å²) < 4.78 is 17.1. The summed E-state index contributed by atoms with van der Waals surface area (Å²) in [6.07, 6.45) is 8.50. The monoisotopic (exact) mass is 420 g/mol. The zero-order valence-electron chi connectivity index (χ0n) is 18.3. The zero-order chi connectivity index (χ0) is 21.2. The molecule has 0 aliphatic carbocycles. The van der Waals surface area contributed by atoms with Crippen LogP contribution in [-0.4, -0.2) is 75.4 Å². The number of aryl methyl sites for hydroxylation is 1. The minimum Gasteiger partial charge on any atom is -0.459 e. The summed E-state index contributed by atoms with van der Waals surface area (Å²) in [5, 5.41) is 6.29. The Morgan fingerprint density at radius 1 is 1.23 bits per heavy atom. The van der Waals surface area contributed by atoms with Crippen LogP contribution in [0.4, 0.5) is 0 Å². The van der Waals surface area contributed by atoms with E-state index in [1.54, 1.807) is 6.07 Å². The lowest BCUT2D eigenvalue weighted by atomic mass is 10.1. The van der Waals surface area contributed by atoms with Gasteiger partial charge in [-0.05, 0) is 51.5 Å². The van der Waals surface area contributed by atoms with Crippen molar-refractivity contribution in [2.24, 2.45) is 4.99 Å². The van der Waals surface area contributed by atoms with Gasteiger partial charge in [0.05, 0.1) is 25.1 Å². The summed E-state index contributed by atoms with van der Waals surface area (Å²) >= 11 is 0. The highest BCUT2D eigenvalue weighted by Crippen LogP contribution is 2.18. The second-order valence-electron chi connectivity index (χ2n) is 8.02. The van der Waals surface area contributed by atoms with Crippen LogP contribution >= 0.6 is 0 Å². The number of likely N-dealkylation sites (tertiary alicyclic amines) is 1. The van der Waals surface area contributed by atoms with E-state index >= 15 is 0 Å². The van der Waals surface area contributed by atoms with Crippen LogP contribution in [-0.2, 0) is 9.47 Å². The van der Waals surface area contributed by atoms with Crippen molar-refractivity contribution in [3.05, 3.63) is 23.7 Å². The van der Waals surface area contributed by atoms with E-state index in [4.69, 9.17) is 13.9 Å². The first-order chi connectivity index (χ1) is 14.7. The average Bonchev–Trinajstić information content (AvgIpc) is 3.22. The highest BCUT2D eigenvalue weighted by atomic mass is 16.5. The van der Waals surface area contributed by atoms with Crippen molar-refractivity contribution in [3.8, 4) is 0 Å². The summed E-state index contributed by atoms with van der Waals surface area (Å²) in [6.45, 7) is 6.67. The van der Waals surface area contributed by atoms with Crippen molar-refractivity contribution in [1.29, 1.82) is 0 Å². The number of nitrogens with one attached hydrogen (secondary N) is 2. The molecule has 1 aromatic rings. The number of hydrogen-bond acceptors (Lipinski definition) is 5. The van der Waals surface area contributed by atoms with Gasteiger partial charge in [0.25, 0.3) is 5.91 Å². The molecule has 8 nitrogen and oxygen atoms in total. The van der Waals surface area contributed by atoms with Gasteiger partial charge in [0, 0.05) is 45.4 Å². The number of piperidine rings is 1. The van der Waals surface area contributed by atoms with Crippen LogP contribution in [0.15, 0.2) is 21.7 Å². The lowest BCUT2D eigenvalue weighted by Crippen LogP contribution is -2.47. The Labute approximate surface area is 179 Å². The number of furan rings is 1. The SMILES string of the molecule is CN=C(NCCCNC(=O)c1occc1C)N1CCC(OCC2CCCCO2)CC1. The third-order valence-corrected chi connectivity index (χ3v) is 5.74. The third kappa shape index (κ3) is 6.74. The van der Waals surface area contributed by atoms with Crippen LogP contribution < -0.4 is 10.6 Å². The molecule has 0 spiro atoms. The molecule has 3 heterocycles. The van der Waals surface area contributed by atoms with Gasteiger partial charge in [0.2, 0.25) is 0 Å². The second-order valence-corrected chi connectivity index (χ2v) is 8.02. The number of carbonyl (C=O) groups excluding carboxylic acids is 1. The number of ether oxygens (including phenoxy) is 2. The van der Waals surface area contributed by atoms with Gasteiger partial charge in [-0.25, -0.2) is 0 Å². The van der Waals surface area contributed by atoms with Gasteiger partial charge in [0.1, 0.15) is 0 Å². The summed E-state index contributed by atoms with van der Waals surface area (Å²) in [7, 11) is 1.81. The maximum absolute atomic E-state index is 12.0. The molecule has 168 valence electrons. The van der Waals surface area contributed by atoms with E-state index < -0.39 is 0 Å². The Kier molecular flexibility index (Phi) is 9.01. The van der Waals surface area contributed by atoms with E-state index in [-0.39, 0.29) is 12.0 Å². The summed E-state index contributed by atoms with van der Waals surface area (Å²) in [5.74, 6) is 1.14. The molecule has 0 saturated carbocycles. The average molecular weight is 421 g/mol. The van der Waals surface area contributed by atoms with E-state index in [9.17, 15) is 4.79 Å². The van der Waals surface area contributed by atoms with Gasteiger partial charge in [-0.3, -0.25) is 9.79 Å². The highest BCUT2D eigenvalue weighted by molar-refractivity contribution is 5.92. The van der Waals surface area contributed by atoms with Crippen molar-refractivity contribution < 1.29 is 18.7 Å². The van der Waals surface area contributed by atoms with Gasteiger partial charge in [-0.2, -0.15) is 0 Å². The fourth-order valence-electron chi connectivity index (χ4n) is 3.92. The van der Waals surface area contributed by atoms with Crippen LogP contribution in [0.1, 0.15) is 54.6 Å². The third-order valence-electron chi connectivity index (χ3n) is 5.74. The smallest absolute Gasteiger partial charge is 0.287 e. The van der Waals surface area contributed by atoms with E-state index in [0.29, 0.717) is 18.4 Å². The van der Waals surface area contributed by atoms with Crippen LogP contribution in [0.2, 0.25) is 0 Å². The van der Waals surface area contributed by atoms with Crippen molar-refractivity contribution in [1.82, 2.24) is 15.5 Å². The molecular formula is C22H36N4O4. The number of hydrogen-bond donors (Lipinski definition) is 2. The Morgan fingerprint density at radius 2 is 2.03 bits per heavy atom. The quantitative estimate of drug-likeness (QED) is 0.381. The lowest BCUT2D eigenvalue weighted by molar-refractivity contribution is -0.0721. The van der Waals surface area contributed by atoms with Crippen LogP contribution in [0, 0.1) is 6.92 Å². The maximum atomic E-state index is 12.0. The van der Waals surface area contributed by atoms with E-state index in [2.05, 4.69) is 20.5 Å². The predicted octanol–water partition coefficient (Wildman–Crippen LogP) is 2.33. The lowest BCUT2D eigenvalue weighted by Gasteiger charge is -2.35. The maximum Gasteiger partial charge on any atom is 0.287 e. The Hall–Kier alpha value is -2.06. The number of rotatable bonds is 8. The van der Waals surface area contributed by atoms with Crippen molar-refractivity contribution >= 4 is 11.9 Å². The van der Waals surface area contributed by atoms with E-state index in [1.165, 1.54) is 19.1 Å². The molecule has 2 N–H and O–H groups in total. The molecule has 2 fully saturated rings. The Bertz CT molecular complexity index is 676. The van der Waals surface area contributed by atoms with Crippen molar-refractivity contribution in [2.75, 3.05) is 46.4 Å². The van der Waals surface area contributed by atoms with Crippen LogP contribution in [0.25, 0.3) is 0 Å². The van der Waals surface area contributed by atoms with Gasteiger partial charge in [-0.1, -0.05) is 0 Å². The number of nitrogens with zero attached hydrogens (tertiary/aromatic N) is 2. The molecule has 30 heavy (non-hydrogen) atoms. The fraction of sp³-hybridized carbons (Fsp3) is 0.727. The van der Waals surface area contributed by atoms with Crippen molar-refractivity contribution in [2.45, 2.75) is 57.7 Å². The largest absolute Gasteiger partial charge is 0.459 e. The highest BCUT2D eigenvalue weighted by Gasteiger charge is 2.23. The van der Waals surface area contributed by atoms with Crippen molar-refractivity contribution in [3.63, 3.8) is 0 Å². The van der Waals surface area contributed by atoms with E-state index in [0.717, 1.165) is 70.1 Å². The normalized spacial score (nSPS) is 20.9. The molecule has 8 heteroatoms. The van der Waals surface area contributed by atoms with Gasteiger partial charge in [0.15, 0.2) is 11.7 Å². The number of carbonyl (C=O) groups is 1. The minimum atomic E-state index is -0.164. The molecule has 1 aromatic heterocycles. The Balaban J connectivity index is 1.28. The van der Waals surface area contributed by atoms with E-state index in [1.807, 2.05) is 14.0 Å². The molecule has 2 aliphatic rings. The standard InChI is InChI=1S/C22H36N4O4/c1-17-9-15-29-20(17)21(27)24-10-5-11-25-22(23-2)26-12-7-18(8-13-26)30-16-19-6-3-4-14-28-19/h9,15,18-19H,3-8,10-14,16H2,1-2H3,(H,23,25)(H,24,27).